The topological polar surface area (TPSA) is 77.8 Å². The molecule has 0 aromatic carbocycles. The Bertz CT molecular complexity index is 458. The van der Waals surface area contributed by atoms with Crippen LogP contribution in [0.3, 0.4) is 0 Å². The molecule has 134 valence electrons. The Balaban J connectivity index is 3.77. The van der Waals surface area contributed by atoms with Crippen molar-refractivity contribution in [2.75, 3.05) is 0 Å². The molecule has 0 amide bonds. The van der Waals surface area contributed by atoms with Gasteiger partial charge in [0, 0.05) is 6.42 Å². The Hall–Kier alpha value is -1.91. The summed E-state index contributed by atoms with van der Waals surface area (Å²) in [7, 11) is 0. The maximum Gasteiger partial charge on any atom is 0.303 e. The monoisotopic (exact) mass is 334 g/mol. The van der Waals surface area contributed by atoms with Gasteiger partial charge in [-0.3, -0.25) is 4.79 Å². The second-order valence-corrected chi connectivity index (χ2v) is 5.40. The van der Waals surface area contributed by atoms with E-state index in [1.54, 1.807) is 24.3 Å². The van der Waals surface area contributed by atoms with Gasteiger partial charge in [-0.25, -0.2) is 0 Å². The zero-order valence-corrected chi connectivity index (χ0v) is 14.4. The van der Waals surface area contributed by atoms with Gasteiger partial charge in [0.25, 0.3) is 0 Å². The Morgan fingerprint density at radius 1 is 0.917 bits per heavy atom. The number of carbonyl (C=O) groups is 1. The first-order valence-corrected chi connectivity index (χ1v) is 8.45. The molecule has 2 atom stereocenters. The molecule has 0 rings (SSSR count). The summed E-state index contributed by atoms with van der Waals surface area (Å²) in [5, 5.41) is 27.6. The van der Waals surface area contributed by atoms with Gasteiger partial charge in [0.05, 0.1) is 12.2 Å². The number of carboxylic acids is 1. The van der Waals surface area contributed by atoms with Crippen LogP contribution in [0.25, 0.3) is 0 Å². The molecule has 0 aliphatic carbocycles. The summed E-state index contributed by atoms with van der Waals surface area (Å²) in [5.74, 6) is -0.755. The maximum absolute atomic E-state index is 10.3. The van der Waals surface area contributed by atoms with Crippen molar-refractivity contribution in [2.45, 2.75) is 57.7 Å². The van der Waals surface area contributed by atoms with Gasteiger partial charge in [0.15, 0.2) is 0 Å². The zero-order chi connectivity index (χ0) is 18.0. The minimum absolute atomic E-state index is 0.210. The fraction of sp³-hybridized carbons (Fsp3) is 0.450. The van der Waals surface area contributed by atoms with Crippen molar-refractivity contribution in [1.82, 2.24) is 0 Å². The number of hydrogen-bond acceptors (Lipinski definition) is 3. The third-order valence-electron chi connectivity index (χ3n) is 3.16. The van der Waals surface area contributed by atoms with Crippen LogP contribution in [0, 0.1) is 0 Å². The molecule has 4 nitrogen and oxygen atoms in total. The summed E-state index contributed by atoms with van der Waals surface area (Å²) in [4.78, 5) is 10.3. The fourth-order valence-electron chi connectivity index (χ4n) is 1.72. The smallest absolute Gasteiger partial charge is 0.303 e. The zero-order valence-electron chi connectivity index (χ0n) is 14.4. The largest absolute Gasteiger partial charge is 0.481 e. The van der Waals surface area contributed by atoms with E-state index in [9.17, 15) is 15.0 Å². The molecule has 0 aromatic rings. The highest BCUT2D eigenvalue weighted by atomic mass is 16.4. The number of aliphatic hydroxyl groups is 2. The molecule has 3 N–H and O–H groups in total. The number of aliphatic hydroxyl groups excluding tert-OH is 2. The van der Waals surface area contributed by atoms with Crippen LogP contribution in [0.2, 0.25) is 0 Å². The Morgan fingerprint density at radius 2 is 1.54 bits per heavy atom. The SMILES string of the molecule is CC[C@H](O)/C=C/C=C\C=C\[C@H](O)C/C=C\C/C=C\CCCC(=O)O. The van der Waals surface area contributed by atoms with Crippen LogP contribution in [0.1, 0.15) is 45.4 Å². The van der Waals surface area contributed by atoms with E-state index < -0.39 is 18.2 Å². The van der Waals surface area contributed by atoms with E-state index in [0.29, 0.717) is 19.3 Å². The van der Waals surface area contributed by atoms with Crippen molar-refractivity contribution in [3.8, 4) is 0 Å². The number of unbranched alkanes of at least 4 members (excludes halogenated alkanes) is 1. The van der Waals surface area contributed by atoms with E-state index in [-0.39, 0.29) is 6.42 Å². The Morgan fingerprint density at radius 3 is 2.17 bits per heavy atom. The highest BCUT2D eigenvalue weighted by Gasteiger charge is 1.94. The molecule has 0 bridgehead atoms. The minimum Gasteiger partial charge on any atom is -0.481 e. The number of hydrogen-bond donors (Lipinski definition) is 3. The van der Waals surface area contributed by atoms with Gasteiger partial charge < -0.3 is 15.3 Å². The summed E-state index contributed by atoms with van der Waals surface area (Å²) < 4.78 is 0. The number of carboxylic acid groups (broad SMARTS) is 1. The molecule has 0 spiro atoms. The average Bonchev–Trinajstić information content (AvgIpc) is 2.55. The molecule has 0 saturated heterocycles. The standard InChI is InChI=1S/C20H30O4/c1-2-18(21)14-10-8-9-12-16-19(22)15-11-6-4-3-5-7-13-17-20(23)24/h3,5-6,8-12,14,16,18-19,21-22H,2,4,7,13,15,17H2,1H3,(H,23,24)/b5-3-,9-8-,11-6-,14-10+,16-12+/t18-,19+/m0/s1. The molecule has 0 unspecified atom stereocenters. The fourth-order valence-corrected chi connectivity index (χ4v) is 1.72. The van der Waals surface area contributed by atoms with Crippen LogP contribution >= 0.6 is 0 Å². The van der Waals surface area contributed by atoms with Gasteiger partial charge in [0.1, 0.15) is 0 Å². The first-order valence-electron chi connectivity index (χ1n) is 8.45. The van der Waals surface area contributed by atoms with E-state index in [1.165, 1.54) is 0 Å². The second-order valence-electron chi connectivity index (χ2n) is 5.40. The number of rotatable bonds is 13. The maximum atomic E-state index is 10.3. The lowest BCUT2D eigenvalue weighted by Crippen LogP contribution is -1.98. The van der Waals surface area contributed by atoms with Gasteiger partial charge in [-0.05, 0) is 32.1 Å². The predicted octanol–water partition coefficient (Wildman–Crippen LogP) is 3.93. The average molecular weight is 334 g/mol. The number of aliphatic carboxylic acids is 1. The summed E-state index contributed by atoms with van der Waals surface area (Å²) >= 11 is 0. The third kappa shape index (κ3) is 16.5. The summed E-state index contributed by atoms with van der Waals surface area (Å²) in [5.41, 5.74) is 0. The molecule has 0 saturated carbocycles. The second kappa shape index (κ2) is 16.0. The quantitative estimate of drug-likeness (QED) is 0.271. The lowest BCUT2D eigenvalue weighted by molar-refractivity contribution is -0.137. The van der Waals surface area contributed by atoms with E-state index in [0.717, 1.165) is 12.8 Å². The third-order valence-corrected chi connectivity index (χ3v) is 3.16. The van der Waals surface area contributed by atoms with Crippen molar-refractivity contribution in [3.05, 3.63) is 60.8 Å². The Kier molecular flexibility index (Phi) is 14.7. The molecule has 0 radical (unpaired) electrons. The number of allylic oxidation sites excluding steroid dienone is 7. The first kappa shape index (κ1) is 22.1. The first-order chi connectivity index (χ1) is 11.6. The van der Waals surface area contributed by atoms with Crippen LogP contribution in [0.4, 0.5) is 0 Å². The van der Waals surface area contributed by atoms with Gasteiger partial charge >= 0.3 is 5.97 Å². The van der Waals surface area contributed by atoms with E-state index in [4.69, 9.17) is 5.11 Å². The molecule has 0 aliphatic rings. The molecular formula is C20H30O4. The molecule has 24 heavy (non-hydrogen) atoms. The summed E-state index contributed by atoms with van der Waals surface area (Å²) in [6, 6.07) is 0. The lowest BCUT2D eigenvalue weighted by Gasteiger charge is -1.98. The van der Waals surface area contributed by atoms with Gasteiger partial charge in [-0.1, -0.05) is 67.7 Å². The van der Waals surface area contributed by atoms with Crippen LogP contribution in [0.5, 0.6) is 0 Å². The molecular weight excluding hydrogens is 304 g/mol. The molecule has 0 fully saturated rings. The van der Waals surface area contributed by atoms with E-state index >= 15 is 0 Å². The lowest BCUT2D eigenvalue weighted by atomic mass is 10.2. The Labute approximate surface area is 145 Å². The van der Waals surface area contributed by atoms with Crippen LogP contribution in [-0.4, -0.2) is 33.5 Å². The molecule has 4 heteroatoms. The van der Waals surface area contributed by atoms with E-state index in [1.807, 2.05) is 43.4 Å². The van der Waals surface area contributed by atoms with Crippen molar-refractivity contribution in [1.29, 1.82) is 0 Å². The van der Waals surface area contributed by atoms with Crippen molar-refractivity contribution in [2.24, 2.45) is 0 Å². The van der Waals surface area contributed by atoms with E-state index in [2.05, 4.69) is 0 Å². The molecule has 0 heterocycles. The highest BCUT2D eigenvalue weighted by molar-refractivity contribution is 5.66. The van der Waals surface area contributed by atoms with Crippen molar-refractivity contribution < 1.29 is 20.1 Å². The van der Waals surface area contributed by atoms with Gasteiger partial charge in [-0.15, -0.1) is 0 Å². The van der Waals surface area contributed by atoms with Crippen LogP contribution in [-0.2, 0) is 4.79 Å². The van der Waals surface area contributed by atoms with Gasteiger partial charge in [0.2, 0.25) is 0 Å². The van der Waals surface area contributed by atoms with Crippen LogP contribution in [0.15, 0.2) is 60.8 Å². The van der Waals surface area contributed by atoms with Crippen molar-refractivity contribution in [3.63, 3.8) is 0 Å². The predicted molar refractivity (Wildman–Crippen MR) is 98.7 cm³/mol. The molecule has 0 aliphatic heterocycles. The molecule has 0 aromatic heterocycles. The minimum atomic E-state index is -0.755. The summed E-state index contributed by atoms with van der Waals surface area (Å²) in [6.07, 6.45) is 21.3. The van der Waals surface area contributed by atoms with Crippen LogP contribution < -0.4 is 0 Å². The highest BCUT2D eigenvalue weighted by Crippen LogP contribution is 2.00. The van der Waals surface area contributed by atoms with Crippen molar-refractivity contribution >= 4 is 5.97 Å². The van der Waals surface area contributed by atoms with Gasteiger partial charge in [-0.2, -0.15) is 0 Å². The normalized spacial score (nSPS) is 15.5. The summed E-state index contributed by atoms with van der Waals surface area (Å²) in [6.45, 7) is 1.91.